The van der Waals surface area contributed by atoms with Crippen molar-refractivity contribution in [1.29, 1.82) is 0 Å². The summed E-state index contributed by atoms with van der Waals surface area (Å²) in [6.07, 6.45) is 4.57. The van der Waals surface area contributed by atoms with Crippen LogP contribution < -0.4 is 5.32 Å². The molecule has 1 N–H and O–H groups in total. The van der Waals surface area contributed by atoms with Gasteiger partial charge in [-0.1, -0.05) is 6.07 Å². The molecule has 0 radical (unpaired) electrons. The topological polar surface area (TPSA) is 41.6 Å². The molecule has 1 aliphatic heterocycles. The van der Waals surface area contributed by atoms with E-state index < -0.39 is 0 Å². The Morgan fingerprint density at radius 1 is 1.35 bits per heavy atom. The first-order chi connectivity index (χ1) is 9.83. The molecule has 1 amide bonds. The smallest absolute Gasteiger partial charge is 0.249 e. The van der Waals surface area contributed by atoms with Crippen LogP contribution >= 0.6 is 11.3 Å². The molecule has 4 nitrogen and oxygen atoms in total. The maximum Gasteiger partial charge on any atom is 0.249 e. The van der Waals surface area contributed by atoms with Gasteiger partial charge in [0.05, 0.1) is 12.6 Å². The third-order valence-electron chi connectivity index (χ3n) is 3.94. The molecule has 1 saturated heterocycles. The minimum Gasteiger partial charge on any atom is -0.368 e. The predicted octanol–water partition coefficient (Wildman–Crippen LogP) is 2.01. The van der Waals surface area contributed by atoms with Gasteiger partial charge < -0.3 is 15.0 Å². The minimum absolute atomic E-state index is 0.152. The van der Waals surface area contributed by atoms with Crippen LogP contribution in [0.2, 0.25) is 0 Å². The fraction of sp³-hybridized carbons (Fsp3) is 0.667. The zero-order valence-corrected chi connectivity index (χ0v) is 12.5. The molecular weight excluding hydrogens is 272 g/mol. The lowest BCUT2D eigenvalue weighted by atomic mass is 10.1. The Kier molecular flexibility index (Phi) is 4.70. The monoisotopic (exact) mass is 294 g/mol. The Hall–Kier alpha value is -0.910. The van der Waals surface area contributed by atoms with Crippen LogP contribution in [0.3, 0.4) is 0 Å². The Morgan fingerprint density at radius 3 is 2.80 bits per heavy atom. The van der Waals surface area contributed by atoms with Crippen LogP contribution in [-0.2, 0) is 16.1 Å². The molecule has 0 atom stereocenters. The summed E-state index contributed by atoms with van der Waals surface area (Å²) in [7, 11) is 0. The van der Waals surface area contributed by atoms with Gasteiger partial charge in [-0.15, -0.1) is 11.3 Å². The highest BCUT2D eigenvalue weighted by Crippen LogP contribution is 2.29. The van der Waals surface area contributed by atoms with Gasteiger partial charge >= 0.3 is 0 Å². The Balaban J connectivity index is 1.50. The maximum atomic E-state index is 12.4. The summed E-state index contributed by atoms with van der Waals surface area (Å²) in [4.78, 5) is 15.6. The molecule has 1 aliphatic carbocycles. The van der Waals surface area contributed by atoms with Gasteiger partial charge in [0.2, 0.25) is 5.91 Å². The zero-order valence-electron chi connectivity index (χ0n) is 11.7. The van der Waals surface area contributed by atoms with E-state index in [1.54, 1.807) is 11.3 Å². The molecule has 3 rings (SSSR count). The summed E-state index contributed by atoms with van der Waals surface area (Å²) in [6.45, 7) is 2.99. The Morgan fingerprint density at radius 2 is 2.15 bits per heavy atom. The van der Waals surface area contributed by atoms with E-state index in [2.05, 4.69) is 16.8 Å². The second-order valence-electron chi connectivity index (χ2n) is 5.59. The van der Waals surface area contributed by atoms with Gasteiger partial charge in [-0.3, -0.25) is 4.79 Å². The summed E-state index contributed by atoms with van der Waals surface area (Å²) in [5, 5.41) is 5.37. The summed E-state index contributed by atoms with van der Waals surface area (Å²) in [5.41, 5.74) is 0. The van der Waals surface area contributed by atoms with Gasteiger partial charge in [0.15, 0.2) is 0 Å². The molecule has 5 heteroatoms. The SMILES string of the molecule is O=C(COC1CCNCC1)N(Cc1cccs1)C1CC1. The van der Waals surface area contributed by atoms with Crippen LogP contribution in [0.4, 0.5) is 0 Å². The Bertz CT molecular complexity index is 425. The predicted molar refractivity (Wildman–Crippen MR) is 79.7 cm³/mol. The van der Waals surface area contributed by atoms with Gasteiger partial charge in [0.1, 0.15) is 6.61 Å². The summed E-state index contributed by atoms with van der Waals surface area (Å²) in [6, 6.07) is 4.59. The third-order valence-corrected chi connectivity index (χ3v) is 4.80. The first-order valence-corrected chi connectivity index (χ1v) is 8.35. The molecular formula is C15H22N2O2S. The van der Waals surface area contributed by atoms with E-state index in [1.165, 1.54) is 4.88 Å². The number of rotatable bonds is 6. The number of amides is 1. The van der Waals surface area contributed by atoms with Crippen molar-refractivity contribution in [2.24, 2.45) is 0 Å². The molecule has 0 spiro atoms. The van der Waals surface area contributed by atoms with E-state index in [4.69, 9.17) is 4.74 Å². The number of piperidine rings is 1. The summed E-state index contributed by atoms with van der Waals surface area (Å²) in [5.74, 6) is 0.152. The van der Waals surface area contributed by atoms with Crippen molar-refractivity contribution in [2.45, 2.75) is 44.4 Å². The van der Waals surface area contributed by atoms with Crippen LogP contribution in [0.1, 0.15) is 30.6 Å². The molecule has 20 heavy (non-hydrogen) atoms. The average Bonchev–Trinajstić information content (AvgIpc) is 3.20. The quantitative estimate of drug-likeness (QED) is 0.872. The molecule has 1 aromatic heterocycles. The summed E-state index contributed by atoms with van der Waals surface area (Å²) < 4.78 is 5.80. The largest absolute Gasteiger partial charge is 0.368 e. The molecule has 2 heterocycles. The number of nitrogens with one attached hydrogen (secondary N) is 1. The van der Waals surface area contributed by atoms with E-state index in [9.17, 15) is 4.79 Å². The Labute approximate surface area is 124 Å². The van der Waals surface area contributed by atoms with E-state index in [-0.39, 0.29) is 18.6 Å². The van der Waals surface area contributed by atoms with Crippen molar-refractivity contribution >= 4 is 17.2 Å². The number of nitrogens with zero attached hydrogens (tertiary/aromatic N) is 1. The first-order valence-electron chi connectivity index (χ1n) is 7.47. The van der Waals surface area contributed by atoms with Crippen molar-refractivity contribution in [3.8, 4) is 0 Å². The molecule has 2 fully saturated rings. The van der Waals surface area contributed by atoms with Crippen LogP contribution in [0.15, 0.2) is 17.5 Å². The van der Waals surface area contributed by atoms with E-state index >= 15 is 0 Å². The molecule has 1 saturated carbocycles. The van der Waals surface area contributed by atoms with Crippen molar-refractivity contribution in [3.05, 3.63) is 22.4 Å². The molecule has 2 aliphatic rings. The average molecular weight is 294 g/mol. The lowest BCUT2D eigenvalue weighted by Crippen LogP contribution is -2.38. The standard InChI is InChI=1S/C15H22N2O2S/c18-15(11-19-13-5-7-16-8-6-13)17(12-3-4-12)10-14-2-1-9-20-14/h1-2,9,12-13,16H,3-8,10-11H2. The number of carbonyl (C=O) groups excluding carboxylic acids is 1. The lowest BCUT2D eigenvalue weighted by Gasteiger charge is -2.26. The van der Waals surface area contributed by atoms with Gasteiger partial charge in [-0.05, 0) is 50.2 Å². The fourth-order valence-electron chi connectivity index (χ4n) is 2.61. The number of hydrogen-bond donors (Lipinski definition) is 1. The highest BCUT2D eigenvalue weighted by Gasteiger charge is 2.33. The number of ether oxygens (including phenoxy) is 1. The molecule has 0 bridgehead atoms. The molecule has 110 valence electrons. The van der Waals surface area contributed by atoms with Crippen LogP contribution in [-0.4, -0.2) is 42.6 Å². The lowest BCUT2D eigenvalue weighted by molar-refractivity contribution is -0.139. The van der Waals surface area contributed by atoms with E-state index in [0.29, 0.717) is 6.04 Å². The maximum absolute atomic E-state index is 12.4. The molecule has 1 aromatic rings. The normalized spacial score (nSPS) is 20.0. The number of carbonyl (C=O) groups is 1. The minimum atomic E-state index is 0.152. The molecule has 0 unspecified atom stereocenters. The second-order valence-corrected chi connectivity index (χ2v) is 6.62. The van der Waals surface area contributed by atoms with Crippen LogP contribution in [0.5, 0.6) is 0 Å². The van der Waals surface area contributed by atoms with Gasteiger partial charge in [-0.2, -0.15) is 0 Å². The van der Waals surface area contributed by atoms with E-state index in [0.717, 1.165) is 45.3 Å². The highest BCUT2D eigenvalue weighted by molar-refractivity contribution is 7.09. The fourth-order valence-corrected chi connectivity index (χ4v) is 3.31. The second kappa shape index (κ2) is 6.70. The zero-order chi connectivity index (χ0) is 13.8. The van der Waals surface area contributed by atoms with Gasteiger partial charge in [0, 0.05) is 10.9 Å². The van der Waals surface area contributed by atoms with Crippen molar-refractivity contribution in [2.75, 3.05) is 19.7 Å². The van der Waals surface area contributed by atoms with Crippen LogP contribution in [0, 0.1) is 0 Å². The van der Waals surface area contributed by atoms with Crippen LogP contribution in [0.25, 0.3) is 0 Å². The van der Waals surface area contributed by atoms with Gasteiger partial charge in [-0.25, -0.2) is 0 Å². The third kappa shape index (κ3) is 3.81. The van der Waals surface area contributed by atoms with Crippen molar-refractivity contribution in [1.82, 2.24) is 10.2 Å². The first kappa shape index (κ1) is 14.0. The van der Waals surface area contributed by atoms with Crippen molar-refractivity contribution in [3.63, 3.8) is 0 Å². The summed E-state index contributed by atoms with van der Waals surface area (Å²) >= 11 is 1.72. The molecule has 0 aromatic carbocycles. The number of thiophene rings is 1. The van der Waals surface area contributed by atoms with Crippen molar-refractivity contribution < 1.29 is 9.53 Å². The van der Waals surface area contributed by atoms with E-state index in [1.807, 2.05) is 11.0 Å². The highest BCUT2D eigenvalue weighted by atomic mass is 32.1. The van der Waals surface area contributed by atoms with Gasteiger partial charge in [0.25, 0.3) is 0 Å². The number of hydrogen-bond acceptors (Lipinski definition) is 4.